The van der Waals surface area contributed by atoms with Gasteiger partial charge in [-0.15, -0.1) is 0 Å². The number of nitrogens with zero attached hydrogens (tertiary/aromatic N) is 2. The number of pyridine rings is 1. The van der Waals surface area contributed by atoms with Gasteiger partial charge in [0.25, 0.3) is 0 Å². The topological polar surface area (TPSA) is 65.8 Å². The van der Waals surface area contributed by atoms with Crippen LogP contribution in [-0.2, 0) is 5.60 Å². The van der Waals surface area contributed by atoms with E-state index in [9.17, 15) is 19.0 Å². The lowest BCUT2D eigenvalue weighted by Crippen LogP contribution is -2.46. The second-order valence-electron chi connectivity index (χ2n) is 9.65. The standard InChI is InChI=1S/C30H30F2N2O3/c31-24-7-1-5-22(17-24)30(36,23-6-2-8-25(32)18-23)21-12-15-34(16-13-21)19-26(35)20-37-29-11-3-10-28-27(29)9-4-14-33-28/h1-11,14,17-18,21,26,35-36H,12-13,15-16,19-20H2. The van der Waals surface area contributed by atoms with Gasteiger partial charge in [-0.05, 0) is 91.5 Å². The molecule has 2 N–H and O–H groups in total. The van der Waals surface area contributed by atoms with Gasteiger partial charge in [0.1, 0.15) is 35.7 Å². The fourth-order valence-corrected chi connectivity index (χ4v) is 5.36. The fraction of sp³-hybridized carbons (Fsp3) is 0.300. The summed E-state index contributed by atoms with van der Waals surface area (Å²) in [6, 6.07) is 21.2. The lowest BCUT2D eigenvalue weighted by Gasteiger charge is -2.42. The Morgan fingerprint density at radius 1 is 0.919 bits per heavy atom. The average Bonchev–Trinajstić information content (AvgIpc) is 2.92. The van der Waals surface area contributed by atoms with Gasteiger partial charge in [-0.2, -0.15) is 0 Å². The van der Waals surface area contributed by atoms with Crippen LogP contribution in [-0.4, -0.2) is 52.4 Å². The van der Waals surface area contributed by atoms with Crippen LogP contribution in [0.25, 0.3) is 10.9 Å². The normalized spacial score (nSPS) is 16.1. The summed E-state index contributed by atoms with van der Waals surface area (Å²) in [5.74, 6) is -0.466. The Balaban J connectivity index is 1.24. The fourth-order valence-electron chi connectivity index (χ4n) is 5.36. The Hall–Kier alpha value is -3.39. The van der Waals surface area contributed by atoms with Crippen LogP contribution in [0, 0.1) is 17.6 Å². The first kappa shape index (κ1) is 25.3. The summed E-state index contributed by atoms with van der Waals surface area (Å²) in [6.45, 7) is 1.83. The van der Waals surface area contributed by atoms with Crippen molar-refractivity contribution in [1.82, 2.24) is 9.88 Å². The minimum absolute atomic E-state index is 0.143. The molecule has 1 aliphatic heterocycles. The minimum atomic E-state index is -1.53. The van der Waals surface area contributed by atoms with E-state index in [1.807, 2.05) is 30.3 Å². The number of halogens is 2. The molecule has 1 aliphatic rings. The molecule has 0 amide bonds. The lowest BCUT2D eigenvalue weighted by atomic mass is 9.72. The average molecular weight is 505 g/mol. The minimum Gasteiger partial charge on any atom is -0.490 e. The molecule has 37 heavy (non-hydrogen) atoms. The first-order valence-corrected chi connectivity index (χ1v) is 12.5. The number of ether oxygens (including phenoxy) is 1. The van der Waals surface area contributed by atoms with Crippen LogP contribution in [0.3, 0.4) is 0 Å². The molecule has 0 aliphatic carbocycles. The Kier molecular flexibility index (Phi) is 7.46. The largest absolute Gasteiger partial charge is 0.490 e. The Labute approximate surface area is 215 Å². The molecule has 1 fully saturated rings. The molecule has 0 spiro atoms. The Bertz CT molecular complexity index is 1310. The van der Waals surface area contributed by atoms with Crippen molar-refractivity contribution >= 4 is 10.9 Å². The van der Waals surface area contributed by atoms with Crippen molar-refractivity contribution in [2.45, 2.75) is 24.5 Å². The van der Waals surface area contributed by atoms with E-state index in [1.54, 1.807) is 30.5 Å². The van der Waals surface area contributed by atoms with E-state index in [0.29, 0.717) is 49.4 Å². The van der Waals surface area contributed by atoms with Gasteiger partial charge >= 0.3 is 0 Å². The summed E-state index contributed by atoms with van der Waals surface area (Å²) < 4.78 is 34.1. The number of aromatic nitrogens is 1. The van der Waals surface area contributed by atoms with Crippen molar-refractivity contribution in [3.63, 3.8) is 0 Å². The van der Waals surface area contributed by atoms with Gasteiger partial charge in [0, 0.05) is 18.1 Å². The van der Waals surface area contributed by atoms with Gasteiger partial charge in [0.15, 0.2) is 0 Å². The second kappa shape index (κ2) is 10.9. The molecule has 0 saturated carbocycles. The summed E-state index contributed by atoms with van der Waals surface area (Å²) in [5, 5.41) is 23.5. The Morgan fingerprint density at radius 2 is 1.57 bits per heavy atom. The molecule has 3 aromatic carbocycles. The van der Waals surface area contributed by atoms with Crippen LogP contribution in [0.2, 0.25) is 0 Å². The molecular formula is C30H30F2N2O3. The first-order chi connectivity index (χ1) is 17.9. The highest BCUT2D eigenvalue weighted by atomic mass is 19.1. The highest BCUT2D eigenvalue weighted by Crippen LogP contribution is 2.42. The molecule has 1 atom stereocenters. The monoisotopic (exact) mass is 504 g/mol. The van der Waals surface area contributed by atoms with Crippen molar-refractivity contribution in [3.8, 4) is 5.75 Å². The maximum Gasteiger partial charge on any atom is 0.128 e. The number of aliphatic hydroxyl groups is 2. The predicted molar refractivity (Wildman–Crippen MR) is 138 cm³/mol. The zero-order valence-electron chi connectivity index (χ0n) is 20.4. The third-order valence-corrected chi connectivity index (χ3v) is 7.21. The molecule has 1 aromatic heterocycles. The van der Waals surface area contributed by atoms with Gasteiger partial charge in [-0.1, -0.05) is 30.3 Å². The first-order valence-electron chi connectivity index (χ1n) is 12.5. The number of benzene rings is 3. The number of likely N-dealkylation sites (tertiary alicyclic amines) is 1. The molecule has 192 valence electrons. The van der Waals surface area contributed by atoms with Crippen molar-refractivity contribution in [2.24, 2.45) is 5.92 Å². The molecule has 1 unspecified atom stereocenters. The summed E-state index contributed by atoms with van der Waals surface area (Å²) in [7, 11) is 0. The molecule has 5 rings (SSSR count). The van der Waals surface area contributed by atoms with Crippen LogP contribution in [0.15, 0.2) is 85.1 Å². The lowest BCUT2D eigenvalue weighted by molar-refractivity contribution is -0.0225. The summed E-state index contributed by atoms with van der Waals surface area (Å²) in [4.78, 5) is 6.46. The second-order valence-corrected chi connectivity index (χ2v) is 9.65. The van der Waals surface area contributed by atoms with E-state index >= 15 is 0 Å². The molecule has 0 bridgehead atoms. The van der Waals surface area contributed by atoms with Crippen molar-refractivity contribution in [2.75, 3.05) is 26.2 Å². The molecule has 4 aromatic rings. The van der Waals surface area contributed by atoms with Gasteiger partial charge in [0.2, 0.25) is 0 Å². The maximum atomic E-state index is 14.1. The number of hydrogen-bond acceptors (Lipinski definition) is 5. The predicted octanol–water partition coefficient (Wildman–Crippen LogP) is 4.90. The molecule has 0 radical (unpaired) electrons. The molecular weight excluding hydrogens is 474 g/mol. The van der Waals surface area contributed by atoms with Gasteiger partial charge < -0.3 is 19.8 Å². The van der Waals surface area contributed by atoms with Gasteiger partial charge in [-0.25, -0.2) is 8.78 Å². The SMILES string of the molecule is OC(COc1cccc2ncccc12)CN1CCC(C(O)(c2cccc(F)c2)c2cccc(F)c2)CC1. The van der Waals surface area contributed by atoms with E-state index in [2.05, 4.69) is 9.88 Å². The molecule has 5 nitrogen and oxygen atoms in total. The molecule has 2 heterocycles. The van der Waals surface area contributed by atoms with Crippen LogP contribution < -0.4 is 4.74 Å². The number of rotatable bonds is 8. The highest BCUT2D eigenvalue weighted by molar-refractivity contribution is 5.84. The van der Waals surface area contributed by atoms with E-state index in [1.165, 1.54) is 24.3 Å². The van der Waals surface area contributed by atoms with Gasteiger partial charge in [0.05, 0.1) is 5.52 Å². The number of β-amino-alcohol motifs (C(OH)–C–C–N with tert-alkyl or cyclic N) is 1. The summed E-state index contributed by atoms with van der Waals surface area (Å²) in [5.41, 5.74) is 0.130. The maximum absolute atomic E-state index is 14.1. The third-order valence-electron chi connectivity index (χ3n) is 7.21. The molecule has 1 saturated heterocycles. The zero-order valence-corrected chi connectivity index (χ0v) is 20.4. The molecule has 7 heteroatoms. The number of hydrogen-bond donors (Lipinski definition) is 2. The van der Waals surface area contributed by atoms with E-state index in [4.69, 9.17) is 4.74 Å². The van der Waals surface area contributed by atoms with Crippen LogP contribution in [0.1, 0.15) is 24.0 Å². The number of aliphatic hydroxyl groups excluding tert-OH is 1. The van der Waals surface area contributed by atoms with Gasteiger partial charge in [-0.3, -0.25) is 4.98 Å². The van der Waals surface area contributed by atoms with E-state index in [0.717, 1.165) is 10.9 Å². The van der Waals surface area contributed by atoms with Crippen molar-refractivity contribution in [3.05, 3.63) is 108 Å². The summed E-state index contributed by atoms with van der Waals surface area (Å²) >= 11 is 0. The van der Waals surface area contributed by atoms with Crippen molar-refractivity contribution < 1.29 is 23.7 Å². The number of piperidine rings is 1. The van der Waals surface area contributed by atoms with Crippen LogP contribution in [0.5, 0.6) is 5.75 Å². The summed E-state index contributed by atoms with van der Waals surface area (Å²) in [6.07, 6.45) is 2.24. The van der Waals surface area contributed by atoms with Crippen molar-refractivity contribution in [1.29, 1.82) is 0 Å². The highest BCUT2D eigenvalue weighted by Gasteiger charge is 2.42. The Morgan fingerprint density at radius 3 is 2.22 bits per heavy atom. The van der Waals surface area contributed by atoms with Crippen LogP contribution in [0.4, 0.5) is 8.78 Å². The van der Waals surface area contributed by atoms with E-state index < -0.39 is 23.3 Å². The number of fused-ring (bicyclic) bond motifs is 1. The zero-order chi connectivity index (χ0) is 25.8. The smallest absolute Gasteiger partial charge is 0.128 e. The third kappa shape index (κ3) is 5.49. The quantitative estimate of drug-likeness (QED) is 0.357. The van der Waals surface area contributed by atoms with Crippen LogP contribution >= 0.6 is 0 Å². The van der Waals surface area contributed by atoms with E-state index in [-0.39, 0.29) is 12.5 Å².